The Morgan fingerprint density at radius 3 is 2.52 bits per heavy atom. The van der Waals surface area contributed by atoms with Crippen molar-refractivity contribution in [1.82, 2.24) is 4.98 Å². The van der Waals surface area contributed by atoms with Crippen molar-refractivity contribution >= 4 is 39.1 Å². The Bertz CT molecular complexity index is 1020. The lowest BCUT2D eigenvalue weighted by atomic mass is 10.2. The van der Waals surface area contributed by atoms with Gasteiger partial charge in [0.15, 0.2) is 6.61 Å². The van der Waals surface area contributed by atoms with Crippen LogP contribution >= 0.6 is 27.5 Å². The lowest BCUT2D eigenvalue weighted by Gasteiger charge is -2.35. The van der Waals surface area contributed by atoms with Gasteiger partial charge in [-0.25, -0.2) is 0 Å². The molecule has 2 aromatic carbocycles. The Hall–Kier alpha value is -2.69. The molecular formula is C21H18BrClN4O2. The Morgan fingerprint density at radius 2 is 1.83 bits per heavy atom. The van der Waals surface area contributed by atoms with Crippen molar-refractivity contribution in [3.8, 4) is 11.8 Å². The van der Waals surface area contributed by atoms with Crippen LogP contribution in [0.2, 0.25) is 5.02 Å². The number of piperazine rings is 1. The predicted molar refractivity (Wildman–Crippen MR) is 116 cm³/mol. The number of ether oxygens (including phenoxy) is 1. The molecule has 1 saturated heterocycles. The maximum Gasteiger partial charge on any atom is 0.236 e. The van der Waals surface area contributed by atoms with Crippen molar-refractivity contribution in [2.75, 3.05) is 36.0 Å². The fourth-order valence-corrected chi connectivity index (χ4v) is 3.67. The van der Waals surface area contributed by atoms with Crippen LogP contribution in [0.1, 0.15) is 11.6 Å². The van der Waals surface area contributed by atoms with Crippen molar-refractivity contribution < 1.29 is 9.15 Å². The zero-order valence-corrected chi connectivity index (χ0v) is 17.9. The van der Waals surface area contributed by atoms with E-state index in [1.165, 1.54) is 0 Å². The molecule has 1 aliphatic rings. The second-order valence-electron chi connectivity index (χ2n) is 6.57. The molecule has 8 heteroatoms. The molecule has 0 N–H and O–H groups in total. The van der Waals surface area contributed by atoms with Gasteiger partial charge in [-0.1, -0.05) is 33.6 Å². The van der Waals surface area contributed by atoms with Gasteiger partial charge in [-0.2, -0.15) is 10.2 Å². The predicted octanol–water partition coefficient (Wildman–Crippen LogP) is 4.87. The first-order valence-electron chi connectivity index (χ1n) is 9.16. The Labute approximate surface area is 182 Å². The summed E-state index contributed by atoms with van der Waals surface area (Å²) in [5.74, 6) is 1.60. The number of hydrogen-bond acceptors (Lipinski definition) is 6. The Balaban J connectivity index is 1.41. The first kappa shape index (κ1) is 19.6. The topological polar surface area (TPSA) is 65.5 Å². The standard InChI is InChI=1S/C21H18BrClN4O2/c22-15-4-6-18(7-5-15)28-14-20-25-19(13-24)21(29-20)27-10-8-26(9-11-27)17-3-1-2-16(23)12-17/h1-7,12H,8-11,14H2. The van der Waals surface area contributed by atoms with Gasteiger partial charge in [0.1, 0.15) is 11.8 Å². The van der Waals surface area contributed by atoms with Crippen molar-refractivity contribution in [2.45, 2.75) is 6.61 Å². The van der Waals surface area contributed by atoms with Gasteiger partial charge in [0, 0.05) is 41.4 Å². The summed E-state index contributed by atoms with van der Waals surface area (Å²) < 4.78 is 12.6. The van der Waals surface area contributed by atoms with Gasteiger partial charge < -0.3 is 19.0 Å². The third-order valence-electron chi connectivity index (χ3n) is 4.68. The van der Waals surface area contributed by atoms with Gasteiger partial charge in [0.2, 0.25) is 17.5 Å². The third-order valence-corrected chi connectivity index (χ3v) is 5.44. The number of hydrogen-bond donors (Lipinski definition) is 0. The maximum absolute atomic E-state index is 9.47. The fraction of sp³-hybridized carbons (Fsp3) is 0.238. The molecule has 3 aromatic rings. The minimum atomic E-state index is 0.165. The number of nitriles is 1. The number of benzene rings is 2. The minimum Gasteiger partial charge on any atom is -0.484 e. The highest BCUT2D eigenvalue weighted by atomic mass is 79.9. The highest BCUT2D eigenvalue weighted by Crippen LogP contribution is 2.26. The highest BCUT2D eigenvalue weighted by Gasteiger charge is 2.24. The van der Waals surface area contributed by atoms with E-state index in [2.05, 4.69) is 36.8 Å². The number of nitrogens with zero attached hydrogens (tertiary/aromatic N) is 4. The first-order valence-corrected chi connectivity index (χ1v) is 10.3. The second kappa shape index (κ2) is 8.76. The van der Waals surface area contributed by atoms with Gasteiger partial charge in [-0.15, -0.1) is 0 Å². The molecule has 1 aromatic heterocycles. The van der Waals surface area contributed by atoms with Crippen molar-refractivity contribution in [2.24, 2.45) is 0 Å². The fourth-order valence-electron chi connectivity index (χ4n) is 3.22. The molecule has 1 aliphatic heterocycles. The summed E-state index contributed by atoms with van der Waals surface area (Å²) in [5, 5.41) is 10.2. The monoisotopic (exact) mass is 472 g/mol. The van der Waals surface area contributed by atoms with E-state index in [1.807, 2.05) is 48.5 Å². The largest absolute Gasteiger partial charge is 0.484 e. The zero-order chi connectivity index (χ0) is 20.2. The van der Waals surface area contributed by atoms with E-state index in [9.17, 15) is 5.26 Å². The van der Waals surface area contributed by atoms with E-state index in [1.54, 1.807) is 0 Å². The summed E-state index contributed by atoms with van der Waals surface area (Å²) in [5.41, 5.74) is 1.38. The van der Waals surface area contributed by atoms with Crippen LogP contribution in [0, 0.1) is 11.3 Å². The summed E-state index contributed by atoms with van der Waals surface area (Å²) in [7, 11) is 0. The van der Waals surface area contributed by atoms with Gasteiger partial charge in [0.05, 0.1) is 0 Å². The van der Waals surface area contributed by atoms with Crippen LogP contribution in [0.25, 0.3) is 0 Å². The van der Waals surface area contributed by atoms with Crippen LogP contribution in [0.5, 0.6) is 5.75 Å². The smallest absolute Gasteiger partial charge is 0.236 e. The summed E-state index contributed by atoms with van der Waals surface area (Å²) in [6.07, 6.45) is 0. The molecule has 0 atom stereocenters. The summed E-state index contributed by atoms with van der Waals surface area (Å²) in [4.78, 5) is 8.61. The summed E-state index contributed by atoms with van der Waals surface area (Å²) in [6, 6.07) is 17.5. The van der Waals surface area contributed by atoms with Gasteiger partial charge >= 0.3 is 0 Å². The molecule has 0 amide bonds. The Kier molecular flexibility index (Phi) is 5.93. The molecule has 0 radical (unpaired) electrons. The Morgan fingerprint density at radius 1 is 1.10 bits per heavy atom. The van der Waals surface area contributed by atoms with Crippen LogP contribution in [-0.4, -0.2) is 31.2 Å². The second-order valence-corrected chi connectivity index (χ2v) is 7.92. The van der Waals surface area contributed by atoms with Crippen LogP contribution in [0.15, 0.2) is 57.4 Å². The number of anilines is 2. The molecule has 0 bridgehead atoms. The van der Waals surface area contributed by atoms with E-state index >= 15 is 0 Å². The normalized spacial score (nSPS) is 14.0. The van der Waals surface area contributed by atoms with Crippen molar-refractivity contribution in [1.29, 1.82) is 5.26 Å². The SMILES string of the molecule is N#Cc1nc(COc2ccc(Br)cc2)oc1N1CCN(c2cccc(Cl)c2)CC1. The molecule has 1 fully saturated rings. The molecule has 4 rings (SSSR count). The molecule has 2 heterocycles. The molecule has 0 saturated carbocycles. The molecule has 0 aliphatic carbocycles. The quantitative estimate of drug-likeness (QED) is 0.527. The molecular weight excluding hydrogens is 456 g/mol. The average Bonchev–Trinajstić information content (AvgIpc) is 3.17. The van der Waals surface area contributed by atoms with Crippen molar-refractivity contribution in [3.63, 3.8) is 0 Å². The highest BCUT2D eigenvalue weighted by molar-refractivity contribution is 9.10. The maximum atomic E-state index is 9.47. The lowest BCUT2D eigenvalue weighted by Crippen LogP contribution is -2.46. The molecule has 0 spiro atoms. The molecule has 0 unspecified atom stereocenters. The van der Waals surface area contributed by atoms with Gasteiger partial charge in [-0.3, -0.25) is 0 Å². The van der Waals surface area contributed by atoms with E-state index in [0.717, 1.165) is 41.4 Å². The number of halogens is 2. The number of oxazole rings is 1. The van der Waals surface area contributed by atoms with E-state index < -0.39 is 0 Å². The van der Waals surface area contributed by atoms with Crippen LogP contribution in [0.3, 0.4) is 0 Å². The van der Waals surface area contributed by atoms with Crippen LogP contribution in [0.4, 0.5) is 11.6 Å². The molecule has 148 valence electrons. The minimum absolute atomic E-state index is 0.165. The van der Waals surface area contributed by atoms with E-state index in [4.69, 9.17) is 20.8 Å². The van der Waals surface area contributed by atoms with Crippen LogP contribution < -0.4 is 14.5 Å². The summed E-state index contributed by atoms with van der Waals surface area (Å²) in [6.45, 7) is 3.22. The van der Waals surface area contributed by atoms with Crippen LogP contribution in [-0.2, 0) is 6.61 Å². The zero-order valence-electron chi connectivity index (χ0n) is 15.5. The van der Waals surface area contributed by atoms with Gasteiger partial charge in [0.25, 0.3) is 0 Å². The number of aromatic nitrogens is 1. The lowest BCUT2D eigenvalue weighted by molar-refractivity contribution is 0.263. The summed E-state index contributed by atoms with van der Waals surface area (Å²) >= 11 is 9.49. The van der Waals surface area contributed by atoms with E-state index in [-0.39, 0.29) is 12.3 Å². The van der Waals surface area contributed by atoms with Gasteiger partial charge in [-0.05, 0) is 42.5 Å². The van der Waals surface area contributed by atoms with E-state index in [0.29, 0.717) is 17.5 Å². The first-order chi connectivity index (χ1) is 14.1. The average molecular weight is 474 g/mol. The number of rotatable bonds is 5. The van der Waals surface area contributed by atoms with Crippen molar-refractivity contribution in [3.05, 3.63) is 69.6 Å². The molecule has 29 heavy (non-hydrogen) atoms. The third kappa shape index (κ3) is 4.66. The molecule has 6 nitrogen and oxygen atoms in total.